The Kier molecular flexibility index (Phi) is 3.95. The van der Waals surface area contributed by atoms with Gasteiger partial charge in [0.15, 0.2) is 0 Å². The van der Waals surface area contributed by atoms with Crippen LogP contribution >= 0.6 is 11.3 Å². The molecule has 0 radical (unpaired) electrons. The summed E-state index contributed by atoms with van der Waals surface area (Å²) >= 11 is 1.63. The predicted octanol–water partition coefficient (Wildman–Crippen LogP) is 4.01. The second-order valence-electron chi connectivity index (χ2n) is 4.52. The maximum Gasteiger partial charge on any atom is 0.128 e. The molecule has 0 unspecified atom stereocenters. The Morgan fingerprint density at radius 1 is 1.38 bits per heavy atom. The molecule has 0 aliphatic heterocycles. The summed E-state index contributed by atoms with van der Waals surface area (Å²) in [5, 5.41) is 10.3. The van der Waals surface area contributed by atoms with E-state index in [0.29, 0.717) is 5.92 Å². The third kappa shape index (κ3) is 2.44. The Balaban J connectivity index is 2.18. The van der Waals surface area contributed by atoms with Crippen LogP contribution in [0.5, 0.6) is 0 Å². The Hall–Kier alpha value is -0.880. The van der Waals surface area contributed by atoms with E-state index in [-0.39, 0.29) is 0 Å². The maximum absolute atomic E-state index is 9.08. The summed E-state index contributed by atoms with van der Waals surface area (Å²) in [6.07, 6.45) is 8.59. The van der Waals surface area contributed by atoms with Gasteiger partial charge in [0, 0.05) is 5.92 Å². The molecule has 2 nitrogen and oxygen atoms in total. The molecule has 0 saturated heterocycles. The molecule has 0 N–H and O–H groups in total. The van der Waals surface area contributed by atoms with Crippen LogP contribution in [0.4, 0.5) is 0 Å². The number of nitrogens with zero attached hydrogens (tertiary/aromatic N) is 2. The van der Waals surface area contributed by atoms with Crippen molar-refractivity contribution in [1.29, 1.82) is 5.26 Å². The molecule has 86 valence electrons. The number of hydrogen-bond donors (Lipinski definition) is 0. The zero-order valence-electron chi connectivity index (χ0n) is 9.83. The number of rotatable bonds is 3. The van der Waals surface area contributed by atoms with Gasteiger partial charge in [-0.1, -0.05) is 32.6 Å². The number of aromatic nitrogens is 1. The van der Waals surface area contributed by atoms with Crippen LogP contribution in [-0.2, 0) is 6.42 Å². The molecule has 1 aliphatic carbocycles. The van der Waals surface area contributed by atoms with Crippen LogP contribution in [0, 0.1) is 11.3 Å². The first-order chi connectivity index (χ1) is 7.85. The quantitative estimate of drug-likeness (QED) is 0.792. The standard InChI is InChI=1S/C13H18N2S/c1-2-6-11-12(9-14)16-13(15-11)10-7-4-3-5-8-10/h10H,2-8H2,1H3. The van der Waals surface area contributed by atoms with E-state index in [1.165, 1.54) is 37.1 Å². The Labute approximate surface area is 101 Å². The zero-order valence-corrected chi connectivity index (χ0v) is 10.6. The van der Waals surface area contributed by atoms with Crippen molar-refractivity contribution in [1.82, 2.24) is 4.98 Å². The largest absolute Gasteiger partial charge is 0.245 e. The minimum absolute atomic E-state index is 0.636. The van der Waals surface area contributed by atoms with Crippen molar-refractivity contribution in [3.05, 3.63) is 15.6 Å². The third-order valence-corrected chi connectivity index (χ3v) is 4.42. The first-order valence-corrected chi connectivity index (χ1v) is 7.06. The minimum Gasteiger partial charge on any atom is -0.245 e. The van der Waals surface area contributed by atoms with E-state index in [9.17, 15) is 0 Å². The van der Waals surface area contributed by atoms with E-state index >= 15 is 0 Å². The van der Waals surface area contributed by atoms with Crippen LogP contribution in [0.3, 0.4) is 0 Å². The predicted molar refractivity (Wildman–Crippen MR) is 66.7 cm³/mol. The van der Waals surface area contributed by atoms with Crippen LogP contribution in [0.1, 0.15) is 66.9 Å². The summed E-state index contributed by atoms with van der Waals surface area (Å²) < 4.78 is 0. The lowest BCUT2D eigenvalue weighted by atomic mass is 9.90. The Morgan fingerprint density at radius 2 is 2.12 bits per heavy atom. The van der Waals surface area contributed by atoms with E-state index < -0.39 is 0 Å². The first kappa shape index (κ1) is 11.6. The van der Waals surface area contributed by atoms with Gasteiger partial charge in [0.1, 0.15) is 10.9 Å². The van der Waals surface area contributed by atoms with E-state index in [2.05, 4.69) is 13.0 Å². The normalized spacial score (nSPS) is 17.2. The van der Waals surface area contributed by atoms with Crippen molar-refractivity contribution in [3.8, 4) is 6.07 Å². The van der Waals surface area contributed by atoms with Gasteiger partial charge in [-0.05, 0) is 19.3 Å². The summed E-state index contributed by atoms with van der Waals surface area (Å²) in [6.45, 7) is 2.14. The molecule has 3 heteroatoms. The Bertz CT molecular complexity index is 383. The highest BCUT2D eigenvalue weighted by Crippen LogP contribution is 2.35. The lowest BCUT2D eigenvalue weighted by Crippen LogP contribution is -2.04. The molecule has 1 aliphatic rings. The molecular weight excluding hydrogens is 216 g/mol. The van der Waals surface area contributed by atoms with Gasteiger partial charge in [0.05, 0.1) is 10.7 Å². The monoisotopic (exact) mass is 234 g/mol. The highest BCUT2D eigenvalue weighted by atomic mass is 32.1. The van der Waals surface area contributed by atoms with Gasteiger partial charge < -0.3 is 0 Å². The molecule has 16 heavy (non-hydrogen) atoms. The third-order valence-electron chi connectivity index (χ3n) is 3.26. The number of hydrogen-bond acceptors (Lipinski definition) is 3. The maximum atomic E-state index is 9.08. The second-order valence-corrected chi connectivity index (χ2v) is 5.56. The fraction of sp³-hybridized carbons (Fsp3) is 0.692. The topological polar surface area (TPSA) is 36.7 Å². The van der Waals surface area contributed by atoms with Crippen molar-refractivity contribution >= 4 is 11.3 Å². The fourth-order valence-corrected chi connectivity index (χ4v) is 3.47. The summed E-state index contributed by atoms with van der Waals surface area (Å²) in [4.78, 5) is 5.54. The average Bonchev–Trinajstić information content (AvgIpc) is 2.74. The smallest absolute Gasteiger partial charge is 0.128 e. The van der Waals surface area contributed by atoms with Gasteiger partial charge in [-0.2, -0.15) is 5.26 Å². The first-order valence-electron chi connectivity index (χ1n) is 6.24. The van der Waals surface area contributed by atoms with Crippen molar-refractivity contribution in [2.24, 2.45) is 0 Å². The highest BCUT2D eigenvalue weighted by Gasteiger charge is 2.20. The minimum atomic E-state index is 0.636. The summed E-state index contributed by atoms with van der Waals surface area (Å²) in [7, 11) is 0. The van der Waals surface area contributed by atoms with Crippen LogP contribution in [-0.4, -0.2) is 4.98 Å². The van der Waals surface area contributed by atoms with Crippen LogP contribution < -0.4 is 0 Å². The van der Waals surface area contributed by atoms with Gasteiger partial charge in [-0.3, -0.25) is 0 Å². The molecule has 1 saturated carbocycles. The second kappa shape index (κ2) is 5.45. The van der Waals surface area contributed by atoms with Crippen molar-refractivity contribution < 1.29 is 0 Å². The Morgan fingerprint density at radius 3 is 2.75 bits per heavy atom. The molecule has 1 heterocycles. The van der Waals surface area contributed by atoms with E-state index in [4.69, 9.17) is 10.2 Å². The number of thiazole rings is 1. The van der Waals surface area contributed by atoms with E-state index in [1.54, 1.807) is 11.3 Å². The molecule has 2 rings (SSSR count). The van der Waals surface area contributed by atoms with Crippen molar-refractivity contribution in [3.63, 3.8) is 0 Å². The fourth-order valence-electron chi connectivity index (χ4n) is 2.39. The number of nitriles is 1. The van der Waals surface area contributed by atoms with E-state index in [1.807, 2.05) is 0 Å². The average molecular weight is 234 g/mol. The lowest BCUT2D eigenvalue weighted by molar-refractivity contribution is 0.442. The van der Waals surface area contributed by atoms with Crippen LogP contribution in [0.15, 0.2) is 0 Å². The molecule has 1 aromatic rings. The SMILES string of the molecule is CCCc1nc(C2CCCCC2)sc1C#N. The zero-order chi connectivity index (χ0) is 11.4. The van der Waals surface area contributed by atoms with Gasteiger partial charge in [0.2, 0.25) is 0 Å². The molecule has 0 amide bonds. The summed E-state index contributed by atoms with van der Waals surface area (Å²) in [5.74, 6) is 0.636. The van der Waals surface area contributed by atoms with Crippen molar-refractivity contribution in [2.75, 3.05) is 0 Å². The van der Waals surface area contributed by atoms with Crippen molar-refractivity contribution in [2.45, 2.75) is 57.8 Å². The summed E-state index contributed by atoms with van der Waals surface area (Å²) in [6, 6.07) is 2.30. The molecule has 1 aromatic heterocycles. The van der Waals surface area contributed by atoms with Crippen LogP contribution in [0.2, 0.25) is 0 Å². The summed E-state index contributed by atoms with van der Waals surface area (Å²) in [5.41, 5.74) is 1.04. The van der Waals surface area contributed by atoms with Crippen LogP contribution in [0.25, 0.3) is 0 Å². The molecule has 1 fully saturated rings. The van der Waals surface area contributed by atoms with Gasteiger partial charge >= 0.3 is 0 Å². The van der Waals surface area contributed by atoms with E-state index in [0.717, 1.165) is 23.4 Å². The molecule has 0 bridgehead atoms. The molecular formula is C13H18N2S. The highest BCUT2D eigenvalue weighted by molar-refractivity contribution is 7.12. The molecule has 0 aromatic carbocycles. The van der Waals surface area contributed by atoms with Gasteiger partial charge in [0.25, 0.3) is 0 Å². The number of aryl methyl sites for hydroxylation is 1. The molecule has 0 atom stereocenters. The van der Waals surface area contributed by atoms with Gasteiger partial charge in [-0.25, -0.2) is 4.98 Å². The molecule has 0 spiro atoms. The lowest BCUT2D eigenvalue weighted by Gasteiger charge is -2.18. The van der Waals surface area contributed by atoms with Gasteiger partial charge in [-0.15, -0.1) is 11.3 Å².